The number of thiazole rings is 1. The molecule has 0 saturated carbocycles. The predicted molar refractivity (Wildman–Crippen MR) is 110 cm³/mol. The van der Waals surface area contributed by atoms with Crippen LogP contribution in [0.25, 0.3) is 15.9 Å². The molecule has 0 saturated heterocycles. The van der Waals surface area contributed by atoms with Crippen LogP contribution >= 0.6 is 11.3 Å². The number of aryl methyl sites for hydroxylation is 2. The van der Waals surface area contributed by atoms with Crippen molar-refractivity contribution in [2.24, 2.45) is 0 Å². The lowest BCUT2D eigenvalue weighted by molar-refractivity contribution is -0.115. The minimum Gasteiger partial charge on any atom is -0.326 e. The van der Waals surface area contributed by atoms with Gasteiger partial charge in [0.25, 0.3) is 0 Å². The molecule has 4 aromatic rings. The molecule has 0 aliphatic carbocycles. The number of carbonyl (C=O) groups is 1. The Bertz CT molecular complexity index is 1130. The second-order valence-corrected chi connectivity index (χ2v) is 7.77. The summed E-state index contributed by atoms with van der Waals surface area (Å²) >= 11 is 1.63. The Balaban J connectivity index is 1.54. The maximum Gasteiger partial charge on any atom is 0.228 e. The van der Waals surface area contributed by atoms with Gasteiger partial charge in [-0.05, 0) is 51.1 Å². The Labute approximate surface area is 161 Å². The van der Waals surface area contributed by atoms with Crippen LogP contribution in [0, 0.1) is 20.8 Å². The van der Waals surface area contributed by atoms with Gasteiger partial charge in [0.2, 0.25) is 5.91 Å². The highest BCUT2D eigenvalue weighted by Gasteiger charge is 2.16. The van der Waals surface area contributed by atoms with Crippen LogP contribution in [0.2, 0.25) is 0 Å². The molecule has 1 N–H and O–H groups in total. The molecule has 136 valence electrons. The zero-order valence-electron chi connectivity index (χ0n) is 15.5. The third-order valence-corrected chi connectivity index (χ3v) is 5.49. The molecule has 0 radical (unpaired) electrons. The highest BCUT2D eigenvalue weighted by Crippen LogP contribution is 2.25. The van der Waals surface area contributed by atoms with Crippen molar-refractivity contribution in [2.75, 3.05) is 5.32 Å². The largest absolute Gasteiger partial charge is 0.326 e. The number of hydrogen-bond acceptors (Lipinski definition) is 4. The highest BCUT2D eigenvalue weighted by atomic mass is 32.1. The zero-order chi connectivity index (χ0) is 19.0. The molecule has 2 aromatic carbocycles. The number of benzene rings is 2. The lowest BCUT2D eigenvalue weighted by Gasteiger charge is -2.07. The average molecular weight is 376 g/mol. The average Bonchev–Trinajstić information content (AvgIpc) is 3.15. The summed E-state index contributed by atoms with van der Waals surface area (Å²) in [5, 5.41) is 8.63. The van der Waals surface area contributed by atoms with Crippen LogP contribution in [0.3, 0.4) is 0 Å². The van der Waals surface area contributed by atoms with E-state index in [4.69, 9.17) is 0 Å². The molecule has 4 rings (SSSR count). The van der Waals surface area contributed by atoms with E-state index < -0.39 is 0 Å². The van der Waals surface area contributed by atoms with E-state index in [1.165, 1.54) is 0 Å². The van der Waals surface area contributed by atoms with Crippen molar-refractivity contribution in [1.29, 1.82) is 0 Å². The molecule has 0 aliphatic rings. The summed E-state index contributed by atoms with van der Waals surface area (Å²) in [6, 6.07) is 15.8. The zero-order valence-corrected chi connectivity index (χ0v) is 16.3. The van der Waals surface area contributed by atoms with Gasteiger partial charge in [-0.1, -0.05) is 18.2 Å². The summed E-state index contributed by atoms with van der Waals surface area (Å²) in [6.07, 6.45) is 0.296. The minimum absolute atomic E-state index is 0.0469. The normalized spacial score (nSPS) is 11.1. The van der Waals surface area contributed by atoms with Gasteiger partial charge in [0.1, 0.15) is 0 Å². The number of aromatic nitrogens is 3. The van der Waals surface area contributed by atoms with Crippen molar-refractivity contribution in [1.82, 2.24) is 14.8 Å². The molecule has 0 spiro atoms. The fourth-order valence-corrected chi connectivity index (χ4v) is 4.10. The van der Waals surface area contributed by atoms with Crippen LogP contribution in [-0.4, -0.2) is 20.7 Å². The van der Waals surface area contributed by atoms with Crippen molar-refractivity contribution in [2.45, 2.75) is 27.2 Å². The number of para-hydroxylation sites is 1. The summed E-state index contributed by atoms with van der Waals surface area (Å²) in [4.78, 5) is 17.1. The Morgan fingerprint density at radius 3 is 2.67 bits per heavy atom. The van der Waals surface area contributed by atoms with Crippen LogP contribution in [0.4, 0.5) is 5.69 Å². The topological polar surface area (TPSA) is 59.8 Å². The lowest BCUT2D eigenvalue weighted by Crippen LogP contribution is -2.15. The van der Waals surface area contributed by atoms with E-state index in [1.54, 1.807) is 11.3 Å². The second kappa shape index (κ2) is 6.96. The SMILES string of the molecule is Cc1nc2ccc(NC(=O)Cc3c(C)nn(-c4ccccc4)c3C)cc2s1. The third-order valence-electron chi connectivity index (χ3n) is 4.56. The van der Waals surface area contributed by atoms with Gasteiger partial charge in [-0.25, -0.2) is 9.67 Å². The fraction of sp³-hybridized carbons (Fsp3) is 0.190. The van der Waals surface area contributed by atoms with E-state index >= 15 is 0 Å². The number of carbonyl (C=O) groups excluding carboxylic acids is 1. The molecule has 5 nitrogen and oxygen atoms in total. The highest BCUT2D eigenvalue weighted by molar-refractivity contribution is 7.18. The van der Waals surface area contributed by atoms with Gasteiger partial charge in [-0.15, -0.1) is 11.3 Å². The van der Waals surface area contributed by atoms with Crippen molar-refractivity contribution >= 4 is 33.1 Å². The first-order valence-electron chi connectivity index (χ1n) is 8.79. The maximum absolute atomic E-state index is 12.6. The van der Waals surface area contributed by atoms with Crippen LogP contribution in [0.15, 0.2) is 48.5 Å². The summed E-state index contributed by atoms with van der Waals surface area (Å²) in [5.74, 6) is -0.0469. The summed E-state index contributed by atoms with van der Waals surface area (Å²) in [6.45, 7) is 5.93. The molecule has 0 bridgehead atoms. The van der Waals surface area contributed by atoms with E-state index in [0.29, 0.717) is 6.42 Å². The number of fused-ring (bicyclic) bond motifs is 1. The van der Waals surface area contributed by atoms with E-state index in [2.05, 4.69) is 15.4 Å². The predicted octanol–water partition coefficient (Wildman–Crippen LogP) is 4.59. The van der Waals surface area contributed by atoms with Gasteiger partial charge in [-0.2, -0.15) is 5.10 Å². The molecule has 0 aliphatic heterocycles. The molecule has 2 aromatic heterocycles. The van der Waals surface area contributed by atoms with Gasteiger partial charge in [-0.3, -0.25) is 4.79 Å². The van der Waals surface area contributed by atoms with Crippen LogP contribution in [0.5, 0.6) is 0 Å². The summed E-state index contributed by atoms with van der Waals surface area (Å²) in [5.41, 5.74) is 5.58. The number of nitrogens with one attached hydrogen (secondary N) is 1. The standard InChI is InChI=1S/C21H20N4OS/c1-13-18(14(2)25(24-13)17-7-5-4-6-8-17)12-21(26)23-16-9-10-19-20(11-16)27-15(3)22-19/h4-11H,12H2,1-3H3,(H,23,26). The number of nitrogens with zero attached hydrogens (tertiary/aromatic N) is 3. The Morgan fingerprint density at radius 2 is 1.89 bits per heavy atom. The van der Waals surface area contributed by atoms with Crippen molar-refractivity contribution < 1.29 is 4.79 Å². The number of hydrogen-bond donors (Lipinski definition) is 1. The van der Waals surface area contributed by atoms with Crippen molar-refractivity contribution in [3.8, 4) is 5.69 Å². The monoisotopic (exact) mass is 376 g/mol. The van der Waals surface area contributed by atoms with Crippen molar-refractivity contribution in [3.63, 3.8) is 0 Å². The van der Waals surface area contributed by atoms with Crippen LogP contribution in [0.1, 0.15) is 22.0 Å². The Morgan fingerprint density at radius 1 is 1.11 bits per heavy atom. The molecular formula is C21H20N4OS. The van der Waals surface area contributed by atoms with E-state index in [0.717, 1.165) is 43.6 Å². The Hall–Kier alpha value is -2.99. The minimum atomic E-state index is -0.0469. The lowest BCUT2D eigenvalue weighted by atomic mass is 10.1. The maximum atomic E-state index is 12.6. The van der Waals surface area contributed by atoms with E-state index in [-0.39, 0.29) is 5.91 Å². The third kappa shape index (κ3) is 3.48. The number of rotatable bonds is 4. The molecule has 6 heteroatoms. The first kappa shape index (κ1) is 17.4. The molecular weight excluding hydrogens is 356 g/mol. The van der Waals surface area contributed by atoms with E-state index in [1.807, 2.05) is 74.0 Å². The van der Waals surface area contributed by atoms with E-state index in [9.17, 15) is 4.79 Å². The van der Waals surface area contributed by atoms with Gasteiger partial charge >= 0.3 is 0 Å². The van der Waals surface area contributed by atoms with Gasteiger partial charge in [0.15, 0.2) is 0 Å². The molecule has 0 fully saturated rings. The molecule has 0 atom stereocenters. The first-order chi connectivity index (χ1) is 13.0. The van der Waals surface area contributed by atoms with Crippen molar-refractivity contribution in [3.05, 3.63) is 70.5 Å². The molecule has 2 heterocycles. The summed E-state index contributed by atoms with van der Waals surface area (Å²) < 4.78 is 2.97. The second-order valence-electron chi connectivity index (χ2n) is 6.54. The quantitative estimate of drug-likeness (QED) is 0.567. The smallest absolute Gasteiger partial charge is 0.228 e. The summed E-state index contributed by atoms with van der Waals surface area (Å²) in [7, 11) is 0. The molecule has 0 unspecified atom stereocenters. The van der Waals surface area contributed by atoms with Gasteiger partial charge < -0.3 is 5.32 Å². The first-order valence-corrected chi connectivity index (χ1v) is 9.60. The molecule has 1 amide bonds. The molecule has 27 heavy (non-hydrogen) atoms. The van der Waals surface area contributed by atoms with Gasteiger partial charge in [0.05, 0.1) is 33.0 Å². The number of anilines is 1. The number of amides is 1. The van der Waals surface area contributed by atoms with Crippen LogP contribution in [-0.2, 0) is 11.2 Å². The van der Waals surface area contributed by atoms with Crippen LogP contribution < -0.4 is 5.32 Å². The Kier molecular flexibility index (Phi) is 4.49. The van der Waals surface area contributed by atoms with Gasteiger partial charge in [0, 0.05) is 16.9 Å². The fourth-order valence-electron chi connectivity index (χ4n) is 3.23.